The van der Waals surface area contributed by atoms with Gasteiger partial charge in [0.25, 0.3) is 0 Å². The first-order chi connectivity index (χ1) is 12.0. The number of nitrogens with zero attached hydrogens (tertiary/aromatic N) is 1. The molecule has 130 valence electrons. The highest BCUT2D eigenvalue weighted by molar-refractivity contribution is 6.32. The molecule has 0 spiro atoms. The largest absolute Gasteiger partial charge is 0.497 e. The van der Waals surface area contributed by atoms with Crippen LogP contribution in [0, 0.1) is 0 Å². The van der Waals surface area contributed by atoms with Crippen molar-refractivity contribution >= 4 is 29.1 Å². The van der Waals surface area contributed by atoms with Crippen molar-refractivity contribution < 1.29 is 19.1 Å². The van der Waals surface area contributed by atoms with Gasteiger partial charge in [0, 0.05) is 18.8 Å². The highest BCUT2D eigenvalue weighted by atomic mass is 35.5. The summed E-state index contributed by atoms with van der Waals surface area (Å²) in [5.74, 6) is 0.637. The first-order valence-corrected chi connectivity index (χ1v) is 8.24. The van der Waals surface area contributed by atoms with Gasteiger partial charge in [0.05, 0.1) is 24.9 Å². The highest BCUT2D eigenvalue weighted by Gasteiger charge is 2.34. The van der Waals surface area contributed by atoms with E-state index in [0.717, 1.165) is 11.3 Å². The second-order valence-electron chi connectivity index (χ2n) is 5.82. The van der Waals surface area contributed by atoms with Gasteiger partial charge in [-0.25, -0.2) is 0 Å². The number of benzene rings is 2. The topological polar surface area (TPSA) is 55.8 Å². The lowest BCUT2D eigenvalue weighted by atomic mass is 9.88. The zero-order valence-electron chi connectivity index (χ0n) is 14.0. The molecule has 0 aromatic heterocycles. The number of amides is 2. The van der Waals surface area contributed by atoms with Crippen molar-refractivity contribution in [3.63, 3.8) is 0 Å². The summed E-state index contributed by atoms with van der Waals surface area (Å²) in [6.45, 7) is 0. The molecule has 0 bridgehead atoms. The van der Waals surface area contributed by atoms with Gasteiger partial charge in [-0.05, 0) is 35.9 Å². The average Bonchev–Trinajstić information content (AvgIpc) is 2.61. The molecule has 1 saturated heterocycles. The van der Waals surface area contributed by atoms with Gasteiger partial charge >= 0.3 is 0 Å². The lowest BCUT2D eigenvalue weighted by Crippen LogP contribution is -2.42. The summed E-state index contributed by atoms with van der Waals surface area (Å²) in [4.78, 5) is 26.4. The number of rotatable bonds is 4. The number of hydrogen-bond acceptors (Lipinski definition) is 4. The van der Waals surface area contributed by atoms with E-state index < -0.39 is 0 Å². The van der Waals surface area contributed by atoms with Crippen molar-refractivity contribution in [2.24, 2.45) is 0 Å². The molecule has 1 fully saturated rings. The van der Waals surface area contributed by atoms with Crippen molar-refractivity contribution in [1.29, 1.82) is 0 Å². The zero-order valence-corrected chi connectivity index (χ0v) is 14.7. The maximum absolute atomic E-state index is 12.6. The number of imide groups is 1. The maximum Gasteiger partial charge on any atom is 0.234 e. The van der Waals surface area contributed by atoms with Crippen molar-refractivity contribution in [1.82, 2.24) is 0 Å². The summed E-state index contributed by atoms with van der Waals surface area (Å²) in [6.07, 6.45) is 0.531. The first-order valence-electron chi connectivity index (χ1n) is 7.86. The quantitative estimate of drug-likeness (QED) is 0.779. The predicted octanol–water partition coefficient (Wildman–Crippen LogP) is 3.79. The summed E-state index contributed by atoms with van der Waals surface area (Å²) in [6, 6.07) is 12.3. The summed E-state index contributed by atoms with van der Waals surface area (Å²) in [5, 5.41) is 0.359. The number of methoxy groups -OCH3 is 2. The molecular weight excluding hydrogens is 342 g/mol. The fraction of sp³-hybridized carbons (Fsp3) is 0.263. The Hall–Kier alpha value is -2.53. The van der Waals surface area contributed by atoms with Gasteiger partial charge in [0.1, 0.15) is 11.5 Å². The van der Waals surface area contributed by atoms with E-state index >= 15 is 0 Å². The van der Waals surface area contributed by atoms with E-state index in [2.05, 4.69) is 0 Å². The van der Waals surface area contributed by atoms with Crippen molar-refractivity contribution in [3.8, 4) is 11.5 Å². The molecule has 2 amide bonds. The molecular formula is C19H18ClNO4. The van der Waals surface area contributed by atoms with E-state index in [4.69, 9.17) is 21.1 Å². The van der Waals surface area contributed by atoms with Gasteiger partial charge in [0.2, 0.25) is 11.8 Å². The van der Waals surface area contributed by atoms with Crippen LogP contribution in [-0.2, 0) is 9.59 Å². The molecule has 0 radical (unpaired) electrons. The third-order valence-electron chi connectivity index (χ3n) is 4.32. The molecule has 6 heteroatoms. The minimum Gasteiger partial charge on any atom is -0.497 e. The third-order valence-corrected chi connectivity index (χ3v) is 4.62. The van der Waals surface area contributed by atoms with Crippen LogP contribution in [0.5, 0.6) is 11.5 Å². The van der Waals surface area contributed by atoms with Gasteiger partial charge < -0.3 is 9.47 Å². The van der Waals surface area contributed by atoms with E-state index in [1.807, 2.05) is 24.3 Å². The Morgan fingerprint density at radius 2 is 1.60 bits per heavy atom. The number of halogens is 1. The first kappa shape index (κ1) is 17.3. The number of piperidine rings is 1. The van der Waals surface area contributed by atoms with Crippen LogP contribution in [0.25, 0.3) is 0 Å². The Kier molecular flexibility index (Phi) is 4.95. The molecule has 2 aromatic rings. The minimum atomic E-state index is -0.238. The Morgan fingerprint density at radius 1 is 0.960 bits per heavy atom. The van der Waals surface area contributed by atoms with Gasteiger partial charge in [-0.15, -0.1) is 0 Å². The molecule has 3 rings (SSSR count). The number of ether oxygens (including phenoxy) is 2. The summed E-state index contributed by atoms with van der Waals surface area (Å²) in [7, 11) is 3.11. The summed E-state index contributed by atoms with van der Waals surface area (Å²) in [5.41, 5.74) is 1.42. The van der Waals surface area contributed by atoms with Gasteiger partial charge in [0.15, 0.2) is 0 Å². The fourth-order valence-electron chi connectivity index (χ4n) is 3.01. The molecule has 0 saturated carbocycles. The molecule has 1 heterocycles. The maximum atomic E-state index is 12.6. The van der Waals surface area contributed by atoms with E-state index in [0.29, 0.717) is 16.5 Å². The van der Waals surface area contributed by atoms with Gasteiger partial charge in [-0.1, -0.05) is 23.7 Å². The number of hydrogen-bond donors (Lipinski definition) is 0. The lowest BCUT2D eigenvalue weighted by molar-refractivity contribution is -0.129. The Balaban J connectivity index is 1.81. The molecule has 1 aliphatic rings. The second kappa shape index (κ2) is 7.15. The predicted molar refractivity (Wildman–Crippen MR) is 95.5 cm³/mol. The average molecular weight is 360 g/mol. The molecule has 0 unspecified atom stereocenters. The number of carbonyl (C=O) groups excluding carboxylic acids is 2. The highest BCUT2D eigenvalue weighted by Crippen LogP contribution is 2.35. The zero-order chi connectivity index (χ0) is 18.0. The molecule has 0 aliphatic carbocycles. The third kappa shape index (κ3) is 3.46. The second-order valence-corrected chi connectivity index (χ2v) is 6.23. The Labute approximate surface area is 151 Å². The van der Waals surface area contributed by atoms with E-state index in [9.17, 15) is 9.59 Å². The van der Waals surface area contributed by atoms with Crippen LogP contribution in [0.2, 0.25) is 5.02 Å². The van der Waals surface area contributed by atoms with Crippen LogP contribution in [0.1, 0.15) is 24.3 Å². The number of carbonyl (C=O) groups is 2. The minimum absolute atomic E-state index is 0.129. The number of anilines is 1. The van der Waals surface area contributed by atoms with Crippen LogP contribution < -0.4 is 14.4 Å². The molecule has 1 aliphatic heterocycles. The Bertz CT molecular complexity index is 786. The molecule has 2 aromatic carbocycles. The van der Waals surface area contributed by atoms with Crippen LogP contribution in [0.4, 0.5) is 5.69 Å². The molecule has 25 heavy (non-hydrogen) atoms. The van der Waals surface area contributed by atoms with Gasteiger partial charge in [-0.3, -0.25) is 14.5 Å². The van der Waals surface area contributed by atoms with Crippen LogP contribution >= 0.6 is 11.6 Å². The van der Waals surface area contributed by atoms with Crippen molar-refractivity contribution in [2.75, 3.05) is 19.1 Å². The SMILES string of the molecule is COc1ccc(C2CC(=O)N(c3ccc(OC)c(Cl)c3)C(=O)C2)cc1. The normalized spacial score (nSPS) is 15.4. The smallest absolute Gasteiger partial charge is 0.234 e. The fourth-order valence-corrected chi connectivity index (χ4v) is 3.26. The van der Waals surface area contributed by atoms with Crippen molar-refractivity contribution in [3.05, 3.63) is 53.1 Å². The Morgan fingerprint density at radius 3 is 2.12 bits per heavy atom. The monoisotopic (exact) mass is 359 g/mol. The molecule has 0 atom stereocenters. The van der Waals surface area contributed by atoms with Crippen LogP contribution in [0.15, 0.2) is 42.5 Å². The summed E-state index contributed by atoms with van der Waals surface area (Å²) < 4.78 is 10.2. The van der Waals surface area contributed by atoms with E-state index in [-0.39, 0.29) is 30.6 Å². The van der Waals surface area contributed by atoms with E-state index in [1.54, 1.807) is 25.3 Å². The molecule has 5 nitrogen and oxygen atoms in total. The standard InChI is InChI=1S/C19H18ClNO4/c1-24-15-6-3-12(4-7-15)13-9-18(22)21(19(23)10-13)14-5-8-17(25-2)16(20)11-14/h3-8,11,13H,9-10H2,1-2H3. The molecule has 0 N–H and O–H groups in total. The van der Waals surface area contributed by atoms with Crippen molar-refractivity contribution in [2.45, 2.75) is 18.8 Å². The van der Waals surface area contributed by atoms with Gasteiger partial charge in [-0.2, -0.15) is 0 Å². The van der Waals surface area contributed by atoms with Crippen LogP contribution in [-0.4, -0.2) is 26.0 Å². The summed E-state index contributed by atoms with van der Waals surface area (Å²) >= 11 is 6.11. The van der Waals surface area contributed by atoms with E-state index in [1.165, 1.54) is 12.0 Å². The lowest BCUT2D eigenvalue weighted by Gasteiger charge is -2.30. The van der Waals surface area contributed by atoms with Crippen LogP contribution in [0.3, 0.4) is 0 Å².